The van der Waals surface area contributed by atoms with Gasteiger partial charge >= 0.3 is 0 Å². The van der Waals surface area contributed by atoms with E-state index in [0.717, 1.165) is 32.5 Å². The maximum absolute atomic E-state index is 9.81. The second-order valence-electron chi connectivity index (χ2n) is 6.07. The first-order valence-corrected chi connectivity index (χ1v) is 6.33. The topological polar surface area (TPSA) is 47.3 Å². The first-order valence-electron chi connectivity index (χ1n) is 6.33. The minimum atomic E-state index is -0.212. The summed E-state index contributed by atoms with van der Waals surface area (Å²) in [5.74, 6) is 1.21. The van der Waals surface area contributed by atoms with Crippen LogP contribution in [0, 0.1) is 28.6 Å². The summed E-state index contributed by atoms with van der Waals surface area (Å²) in [5.41, 5.74) is -0.212. The fraction of sp³-hybridized carbons (Fsp3) is 0.923. The van der Waals surface area contributed by atoms with E-state index >= 15 is 0 Å². The summed E-state index contributed by atoms with van der Waals surface area (Å²) < 4.78 is 0. The Kier molecular flexibility index (Phi) is 3.23. The van der Waals surface area contributed by atoms with E-state index in [1.54, 1.807) is 0 Å². The van der Waals surface area contributed by atoms with Crippen molar-refractivity contribution in [3.8, 4) is 6.07 Å². The van der Waals surface area contributed by atoms with Crippen LogP contribution in [-0.2, 0) is 0 Å². The molecular formula is C13H22N2O. The third-order valence-electron chi connectivity index (χ3n) is 4.25. The molecule has 3 nitrogen and oxygen atoms in total. The van der Waals surface area contributed by atoms with Gasteiger partial charge in [-0.1, -0.05) is 0 Å². The molecule has 0 radical (unpaired) electrons. The number of nitrogens with zero attached hydrogens (tertiary/aromatic N) is 2. The summed E-state index contributed by atoms with van der Waals surface area (Å²) in [4.78, 5) is 2.43. The summed E-state index contributed by atoms with van der Waals surface area (Å²) >= 11 is 0. The van der Waals surface area contributed by atoms with E-state index in [0.29, 0.717) is 11.8 Å². The molecule has 0 amide bonds. The monoisotopic (exact) mass is 222 g/mol. The molecule has 0 aromatic carbocycles. The Morgan fingerprint density at radius 3 is 2.75 bits per heavy atom. The lowest BCUT2D eigenvalue weighted by Crippen LogP contribution is -2.28. The van der Waals surface area contributed by atoms with Crippen molar-refractivity contribution in [2.45, 2.75) is 39.2 Å². The van der Waals surface area contributed by atoms with Gasteiger partial charge in [-0.05, 0) is 45.6 Å². The van der Waals surface area contributed by atoms with E-state index in [9.17, 15) is 5.11 Å². The summed E-state index contributed by atoms with van der Waals surface area (Å²) in [6, 6.07) is 2.35. The molecule has 16 heavy (non-hydrogen) atoms. The lowest BCUT2D eigenvalue weighted by Gasteiger charge is -2.22. The predicted molar refractivity (Wildman–Crippen MR) is 62.7 cm³/mol. The smallest absolute Gasteiger partial charge is 0.0684 e. The van der Waals surface area contributed by atoms with E-state index in [1.807, 2.05) is 13.8 Å². The van der Waals surface area contributed by atoms with Crippen molar-refractivity contribution < 1.29 is 5.11 Å². The minimum absolute atomic E-state index is 0.0704. The number of fused-ring (bicyclic) bond motifs is 1. The normalized spacial score (nSPS) is 35.0. The molecule has 2 rings (SSSR count). The van der Waals surface area contributed by atoms with Gasteiger partial charge in [0.15, 0.2) is 0 Å². The second-order valence-corrected chi connectivity index (χ2v) is 6.07. The molecule has 1 aliphatic heterocycles. The molecule has 2 fully saturated rings. The molecule has 3 unspecified atom stereocenters. The molecule has 2 aliphatic rings. The van der Waals surface area contributed by atoms with Crippen LogP contribution in [0.25, 0.3) is 0 Å². The molecule has 1 N–H and O–H groups in total. The van der Waals surface area contributed by atoms with Gasteiger partial charge < -0.3 is 10.0 Å². The zero-order valence-electron chi connectivity index (χ0n) is 10.3. The van der Waals surface area contributed by atoms with Gasteiger partial charge in [0.1, 0.15) is 0 Å². The molecule has 0 spiro atoms. The standard InChI is InChI=1S/C13H22N2O/c1-13(2,9-14)5-6-15-7-10-3-4-12(16)11(10)8-15/h10-12,16H,3-8H2,1-2H3. The van der Waals surface area contributed by atoms with Crippen LogP contribution >= 0.6 is 0 Å². The Balaban J connectivity index is 1.80. The van der Waals surface area contributed by atoms with E-state index in [-0.39, 0.29) is 11.5 Å². The lowest BCUT2D eigenvalue weighted by molar-refractivity contribution is 0.123. The van der Waals surface area contributed by atoms with Crippen LogP contribution in [0.3, 0.4) is 0 Å². The zero-order chi connectivity index (χ0) is 11.8. The van der Waals surface area contributed by atoms with Crippen LogP contribution < -0.4 is 0 Å². The van der Waals surface area contributed by atoms with Crippen molar-refractivity contribution >= 4 is 0 Å². The van der Waals surface area contributed by atoms with Gasteiger partial charge in [-0.15, -0.1) is 0 Å². The molecule has 3 atom stereocenters. The highest BCUT2D eigenvalue weighted by atomic mass is 16.3. The lowest BCUT2D eigenvalue weighted by atomic mass is 9.91. The van der Waals surface area contributed by atoms with Crippen molar-refractivity contribution in [3.63, 3.8) is 0 Å². The van der Waals surface area contributed by atoms with Gasteiger partial charge in [-0.3, -0.25) is 0 Å². The molecule has 1 heterocycles. The number of aliphatic hydroxyl groups is 1. The van der Waals surface area contributed by atoms with E-state index < -0.39 is 0 Å². The van der Waals surface area contributed by atoms with Gasteiger partial charge in [0.05, 0.1) is 17.6 Å². The number of rotatable bonds is 3. The third-order valence-corrected chi connectivity index (χ3v) is 4.25. The molecule has 1 saturated carbocycles. The molecule has 1 saturated heterocycles. The van der Waals surface area contributed by atoms with Crippen LogP contribution in [0.5, 0.6) is 0 Å². The summed E-state index contributed by atoms with van der Waals surface area (Å²) in [5, 5.41) is 18.8. The molecular weight excluding hydrogens is 200 g/mol. The fourth-order valence-electron chi connectivity index (χ4n) is 3.01. The first kappa shape index (κ1) is 11.9. The van der Waals surface area contributed by atoms with Crippen molar-refractivity contribution in [3.05, 3.63) is 0 Å². The molecule has 0 aromatic rings. The number of hydrogen-bond donors (Lipinski definition) is 1. The molecule has 3 heteroatoms. The second kappa shape index (κ2) is 4.35. The van der Waals surface area contributed by atoms with Crippen molar-refractivity contribution in [2.24, 2.45) is 17.3 Å². The zero-order valence-corrected chi connectivity index (χ0v) is 10.3. The fourth-order valence-corrected chi connectivity index (χ4v) is 3.01. The summed E-state index contributed by atoms with van der Waals surface area (Å²) in [7, 11) is 0. The quantitative estimate of drug-likeness (QED) is 0.789. The van der Waals surface area contributed by atoms with Gasteiger partial charge in [0.25, 0.3) is 0 Å². The highest BCUT2D eigenvalue weighted by Gasteiger charge is 2.41. The minimum Gasteiger partial charge on any atom is -0.393 e. The number of likely N-dealkylation sites (tertiary alicyclic amines) is 1. The van der Waals surface area contributed by atoms with Crippen LogP contribution in [0.4, 0.5) is 0 Å². The van der Waals surface area contributed by atoms with Crippen molar-refractivity contribution in [2.75, 3.05) is 19.6 Å². The number of hydrogen-bond acceptors (Lipinski definition) is 3. The van der Waals surface area contributed by atoms with Crippen LogP contribution in [-0.4, -0.2) is 35.7 Å². The highest BCUT2D eigenvalue weighted by molar-refractivity contribution is 4.96. The molecule has 90 valence electrons. The SMILES string of the molecule is CC(C)(C#N)CCN1CC2CCC(O)C2C1. The number of aliphatic hydroxyl groups excluding tert-OH is 1. The Morgan fingerprint density at radius 1 is 1.38 bits per heavy atom. The van der Waals surface area contributed by atoms with Gasteiger partial charge in [-0.2, -0.15) is 5.26 Å². The Hall–Kier alpha value is -0.590. The first-order chi connectivity index (χ1) is 7.52. The molecule has 1 aliphatic carbocycles. The van der Waals surface area contributed by atoms with E-state index in [2.05, 4.69) is 11.0 Å². The summed E-state index contributed by atoms with van der Waals surface area (Å²) in [6.45, 7) is 7.16. The summed E-state index contributed by atoms with van der Waals surface area (Å²) in [6.07, 6.45) is 3.04. The Labute approximate surface area is 98.1 Å². The predicted octanol–water partition coefficient (Wildman–Crippen LogP) is 1.63. The Morgan fingerprint density at radius 2 is 2.12 bits per heavy atom. The average molecular weight is 222 g/mol. The van der Waals surface area contributed by atoms with Gasteiger partial charge in [0.2, 0.25) is 0 Å². The molecule has 0 bridgehead atoms. The van der Waals surface area contributed by atoms with Gasteiger partial charge in [0, 0.05) is 19.0 Å². The highest BCUT2D eigenvalue weighted by Crippen LogP contribution is 2.38. The third kappa shape index (κ3) is 2.39. The van der Waals surface area contributed by atoms with Crippen molar-refractivity contribution in [1.29, 1.82) is 5.26 Å². The van der Waals surface area contributed by atoms with E-state index in [4.69, 9.17) is 5.26 Å². The maximum atomic E-state index is 9.81. The average Bonchev–Trinajstić information content (AvgIpc) is 2.79. The van der Waals surface area contributed by atoms with Crippen LogP contribution in [0.1, 0.15) is 33.1 Å². The van der Waals surface area contributed by atoms with Crippen LogP contribution in [0.15, 0.2) is 0 Å². The van der Waals surface area contributed by atoms with Crippen molar-refractivity contribution in [1.82, 2.24) is 4.90 Å². The largest absolute Gasteiger partial charge is 0.393 e. The van der Waals surface area contributed by atoms with Gasteiger partial charge in [-0.25, -0.2) is 0 Å². The molecule has 0 aromatic heterocycles. The van der Waals surface area contributed by atoms with E-state index in [1.165, 1.54) is 6.42 Å². The maximum Gasteiger partial charge on any atom is 0.0684 e. The van der Waals surface area contributed by atoms with Crippen LogP contribution in [0.2, 0.25) is 0 Å². The number of nitriles is 1. The Bertz CT molecular complexity index is 295.